The zero-order valence-corrected chi connectivity index (χ0v) is 10.3. The smallest absolute Gasteiger partial charge is 0.141 e. The van der Waals surface area contributed by atoms with Gasteiger partial charge in [-0.2, -0.15) is 0 Å². The first-order chi connectivity index (χ1) is 7.67. The average Bonchev–Trinajstić information content (AvgIpc) is 2.28. The van der Waals surface area contributed by atoms with Crippen molar-refractivity contribution < 1.29 is 4.39 Å². The quantitative estimate of drug-likeness (QED) is 0.803. The Morgan fingerprint density at radius 2 is 2.00 bits per heavy atom. The molecule has 90 valence electrons. The van der Waals surface area contributed by atoms with E-state index < -0.39 is 0 Å². The Morgan fingerprint density at radius 1 is 1.31 bits per heavy atom. The van der Waals surface area contributed by atoms with Crippen LogP contribution in [0.25, 0.3) is 0 Å². The van der Waals surface area contributed by atoms with Crippen molar-refractivity contribution >= 4 is 0 Å². The third-order valence-corrected chi connectivity index (χ3v) is 3.15. The molecule has 0 aliphatic heterocycles. The van der Waals surface area contributed by atoms with E-state index in [2.05, 4.69) is 31.1 Å². The molecular weight excluding hydrogens is 203 g/mol. The molecule has 0 aliphatic carbocycles. The molecule has 1 unspecified atom stereocenters. The van der Waals surface area contributed by atoms with Crippen LogP contribution in [0.5, 0.6) is 0 Å². The third-order valence-electron chi connectivity index (χ3n) is 3.15. The van der Waals surface area contributed by atoms with E-state index in [1.54, 1.807) is 6.20 Å². The van der Waals surface area contributed by atoms with Gasteiger partial charge in [0.15, 0.2) is 0 Å². The fourth-order valence-electron chi connectivity index (χ4n) is 1.99. The highest BCUT2D eigenvalue weighted by Gasteiger charge is 2.12. The minimum Gasteiger partial charge on any atom is -0.310 e. The summed E-state index contributed by atoms with van der Waals surface area (Å²) in [7, 11) is 0. The second kappa shape index (κ2) is 6.59. The van der Waals surface area contributed by atoms with E-state index in [-0.39, 0.29) is 5.82 Å². The van der Waals surface area contributed by atoms with Gasteiger partial charge in [-0.25, -0.2) is 4.39 Å². The lowest BCUT2D eigenvalue weighted by Gasteiger charge is -2.22. The van der Waals surface area contributed by atoms with Crippen LogP contribution >= 0.6 is 0 Å². The number of nitrogens with zero attached hydrogens (tertiary/aromatic N) is 1. The standard InChI is InChI=1S/C13H21FN2/c1-4-12(5-2)10(3)16-8-11-6-13(14)9-15-7-11/h6-7,9-10,12,16H,4-5,8H2,1-3H3. The lowest BCUT2D eigenvalue weighted by Crippen LogP contribution is -2.32. The summed E-state index contributed by atoms with van der Waals surface area (Å²) in [4.78, 5) is 3.83. The molecule has 0 spiro atoms. The highest BCUT2D eigenvalue weighted by molar-refractivity contribution is 5.09. The van der Waals surface area contributed by atoms with Crippen LogP contribution in [0.4, 0.5) is 4.39 Å². The van der Waals surface area contributed by atoms with E-state index in [1.807, 2.05) is 0 Å². The molecule has 2 nitrogen and oxygen atoms in total. The molecule has 0 saturated heterocycles. The molecule has 1 aromatic rings. The average molecular weight is 224 g/mol. The van der Waals surface area contributed by atoms with E-state index in [1.165, 1.54) is 25.1 Å². The molecule has 0 bridgehead atoms. The Balaban J connectivity index is 2.45. The number of hydrogen-bond acceptors (Lipinski definition) is 2. The number of aromatic nitrogens is 1. The molecule has 0 fully saturated rings. The lowest BCUT2D eigenvalue weighted by atomic mass is 9.95. The van der Waals surface area contributed by atoms with Crippen molar-refractivity contribution in [3.8, 4) is 0 Å². The lowest BCUT2D eigenvalue weighted by molar-refractivity contribution is 0.353. The van der Waals surface area contributed by atoms with Crippen molar-refractivity contribution in [2.75, 3.05) is 0 Å². The van der Waals surface area contributed by atoms with Crippen molar-refractivity contribution in [2.24, 2.45) is 5.92 Å². The Labute approximate surface area is 97.3 Å². The van der Waals surface area contributed by atoms with Gasteiger partial charge in [-0.15, -0.1) is 0 Å². The second-order valence-corrected chi connectivity index (χ2v) is 4.26. The van der Waals surface area contributed by atoms with Gasteiger partial charge in [0.1, 0.15) is 5.82 Å². The number of halogens is 1. The highest BCUT2D eigenvalue weighted by atomic mass is 19.1. The van der Waals surface area contributed by atoms with Crippen LogP contribution in [-0.4, -0.2) is 11.0 Å². The molecule has 1 heterocycles. The van der Waals surface area contributed by atoms with Gasteiger partial charge >= 0.3 is 0 Å². The van der Waals surface area contributed by atoms with Crippen molar-refractivity contribution in [2.45, 2.75) is 46.2 Å². The van der Waals surface area contributed by atoms with Gasteiger partial charge in [0.05, 0.1) is 6.20 Å². The van der Waals surface area contributed by atoms with E-state index >= 15 is 0 Å². The van der Waals surface area contributed by atoms with Gasteiger partial charge in [0.2, 0.25) is 0 Å². The molecule has 1 rings (SSSR count). The van der Waals surface area contributed by atoms with Crippen LogP contribution < -0.4 is 5.32 Å². The van der Waals surface area contributed by atoms with Crippen LogP contribution in [-0.2, 0) is 6.54 Å². The number of rotatable bonds is 6. The maximum atomic E-state index is 12.9. The SMILES string of the molecule is CCC(CC)C(C)NCc1cncc(F)c1. The maximum Gasteiger partial charge on any atom is 0.141 e. The monoisotopic (exact) mass is 224 g/mol. The molecule has 1 aromatic heterocycles. The fourth-order valence-corrected chi connectivity index (χ4v) is 1.99. The van der Waals surface area contributed by atoms with Crippen molar-refractivity contribution in [3.05, 3.63) is 29.8 Å². The van der Waals surface area contributed by atoms with E-state index in [4.69, 9.17) is 0 Å². The van der Waals surface area contributed by atoms with E-state index in [0.717, 1.165) is 5.56 Å². The summed E-state index contributed by atoms with van der Waals surface area (Å²) < 4.78 is 12.9. The van der Waals surface area contributed by atoms with Crippen LogP contribution in [0.15, 0.2) is 18.5 Å². The normalized spacial score (nSPS) is 13.1. The molecule has 0 aliphatic rings. The zero-order chi connectivity index (χ0) is 12.0. The molecule has 0 amide bonds. The molecule has 0 aromatic carbocycles. The topological polar surface area (TPSA) is 24.9 Å². The molecule has 0 saturated carbocycles. The van der Waals surface area contributed by atoms with Gasteiger partial charge in [-0.3, -0.25) is 4.98 Å². The van der Waals surface area contributed by atoms with Crippen molar-refractivity contribution in [3.63, 3.8) is 0 Å². The van der Waals surface area contributed by atoms with Gasteiger partial charge in [-0.1, -0.05) is 26.7 Å². The predicted molar refractivity (Wildman–Crippen MR) is 64.6 cm³/mol. The minimum atomic E-state index is -0.269. The summed E-state index contributed by atoms with van der Waals surface area (Å²) in [5, 5.41) is 3.42. The Kier molecular flexibility index (Phi) is 5.39. The summed E-state index contributed by atoms with van der Waals surface area (Å²) >= 11 is 0. The van der Waals surface area contributed by atoms with Crippen LogP contribution in [0.2, 0.25) is 0 Å². The molecule has 1 N–H and O–H groups in total. The van der Waals surface area contributed by atoms with Gasteiger partial charge in [-0.05, 0) is 24.5 Å². The molecule has 1 atom stereocenters. The summed E-state index contributed by atoms with van der Waals surface area (Å²) in [6.07, 6.45) is 5.28. The number of pyridine rings is 1. The minimum absolute atomic E-state index is 0.269. The first-order valence-corrected chi connectivity index (χ1v) is 6.00. The van der Waals surface area contributed by atoms with E-state index in [9.17, 15) is 4.39 Å². The maximum absolute atomic E-state index is 12.9. The van der Waals surface area contributed by atoms with Crippen LogP contribution in [0.1, 0.15) is 39.2 Å². The molecule has 16 heavy (non-hydrogen) atoms. The first-order valence-electron chi connectivity index (χ1n) is 6.00. The second-order valence-electron chi connectivity index (χ2n) is 4.26. The largest absolute Gasteiger partial charge is 0.310 e. The Hall–Kier alpha value is -0.960. The molecule has 0 radical (unpaired) electrons. The third kappa shape index (κ3) is 3.89. The van der Waals surface area contributed by atoms with Crippen LogP contribution in [0.3, 0.4) is 0 Å². The zero-order valence-electron chi connectivity index (χ0n) is 10.3. The van der Waals surface area contributed by atoms with Gasteiger partial charge in [0, 0.05) is 18.8 Å². The fraction of sp³-hybridized carbons (Fsp3) is 0.615. The highest BCUT2D eigenvalue weighted by Crippen LogP contribution is 2.13. The summed E-state index contributed by atoms with van der Waals surface area (Å²) in [6.45, 7) is 7.28. The summed E-state index contributed by atoms with van der Waals surface area (Å²) in [5.74, 6) is 0.413. The van der Waals surface area contributed by atoms with Gasteiger partial charge in [0.25, 0.3) is 0 Å². The molecule has 3 heteroatoms. The summed E-state index contributed by atoms with van der Waals surface area (Å²) in [6, 6.07) is 1.98. The number of hydrogen-bond donors (Lipinski definition) is 1. The predicted octanol–water partition coefficient (Wildman–Crippen LogP) is 3.14. The van der Waals surface area contributed by atoms with E-state index in [0.29, 0.717) is 18.5 Å². The Bertz CT molecular complexity index is 311. The van der Waals surface area contributed by atoms with Crippen molar-refractivity contribution in [1.29, 1.82) is 0 Å². The van der Waals surface area contributed by atoms with Gasteiger partial charge < -0.3 is 5.32 Å². The Morgan fingerprint density at radius 3 is 2.56 bits per heavy atom. The summed E-state index contributed by atoms with van der Waals surface area (Å²) in [5.41, 5.74) is 0.901. The molecular formula is C13H21FN2. The van der Waals surface area contributed by atoms with Crippen molar-refractivity contribution in [1.82, 2.24) is 10.3 Å². The first kappa shape index (κ1) is 13.1. The number of nitrogens with one attached hydrogen (secondary N) is 1. The van der Waals surface area contributed by atoms with Crippen LogP contribution in [0, 0.1) is 11.7 Å².